The molecule has 1 fully saturated rings. The number of alkyl halides is 3. The molecule has 1 aliphatic heterocycles. The van der Waals surface area contributed by atoms with E-state index in [1.54, 1.807) is 11.8 Å². The van der Waals surface area contributed by atoms with E-state index in [1.807, 2.05) is 18.2 Å². The molecule has 1 heterocycles. The number of nitrogens with one attached hydrogen (secondary N) is 1. The standard InChI is InChI=1S/C22H24F3NO2S/c23-22(24,25)18-9-6-17(7-10-18)8-11-20(27)26-16-21(12-14-28-15-13-21)29-19-4-2-1-3-5-19/h1-7,9-10H,8,11-16H2,(H,26,27). The van der Waals surface area contributed by atoms with Gasteiger partial charge in [0.15, 0.2) is 0 Å². The van der Waals surface area contributed by atoms with Gasteiger partial charge < -0.3 is 10.1 Å². The molecular formula is C22H24F3NO2S. The molecule has 3 rings (SSSR count). The van der Waals surface area contributed by atoms with Gasteiger partial charge in [0.2, 0.25) is 5.91 Å². The number of aryl methyl sites for hydroxylation is 1. The van der Waals surface area contributed by atoms with Crippen molar-refractivity contribution in [2.75, 3.05) is 19.8 Å². The monoisotopic (exact) mass is 423 g/mol. The van der Waals surface area contributed by atoms with E-state index < -0.39 is 11.7 Å². The molecule has 0 radical (unpaired) electrons. The lowest BCUT2D eigenvalue weighted by molar-refractivity contribution is -0.137. The predicted octanol–water partition coefficient (Wildman–Crippen LogP) is 5.10. The van der Waals surface area contributed by atoms with E-state index in [2.05, 4.69) is 17.4 Å². The highest BCUT2D eigenvalue weighted by atomic mass is 32.2. The number of halogens is 3. The Morgan fingerprint density at radius 3 is 2.31 bits per heavy atom. The fourth-order valence-electron chi connectivity index (χ4n) is 3.26. The Morgan fingerprint density at radius 1 is 1.03 bits per heavy atom. The normalized spacial score (nSPS) is 16.4. The van der Waals surface area contributed by atoms with Gasteiger partial charge in [-0.1, -0.05) is 30.3 Å². The number of thioether (sulfide) groups is 1. The Balaban J connectivity index is 1.52. The van der Waals surface area contributed by atoms with Crippen LogP contribution in [0.25, 0.3) is 0 Å². The number of amides is 1. The van der Waals surface area contributed by atoms with Crippen molar-refractivity contribution < 1.29 is 22.7 Å². The first-order chi connectivity index (χ1) is 13.9. The van der Waals surface area contributed by atoms with Crippen molar-refractivity contribution in [2.45, 2.75) is 41.5 Å². The molecule has 0 unspecified atom stereocenters. The molecule has 1 saturated heterocycles. The Bertz CT molecular complexity index is 788. The Kier molecular flexibility index (Phi) is 7.24. The first kappa shape index (κ1) is 21.7. The largest absolute Gasteiger partial charge is 0.416 e. The Labute approximate surface area is 173 Å². The maximum absolute atomic E-state index is 12.6. The van der Waals surface area contributed by atoms with Gasteiger partial charge in [-0.05, 0) is 49.1 Å². The fraction of sp³-hybridized carbons (Fsp3) is 0.409. The van der Waals surface area contributed by atoms with Gasteiger partial charge in [0.25, 0.3) is 0 Å². The molecule has 0 saturated carbocycles. The minimum Gasteiger partial charge on any atom is -0.381 e. The van der Waals surface area contributed by atoms with Crippen LogP contribution in [-0.4, -0.2) is 30.4 Å². The average Bonchev–Trinajstić information content (AvgIpc) is 2.72. The van der Waals surface area contributed by atoms with Crippen LogP contribution in [0.1, 0.15) is 30.4 Å². The zero-order valence-corrected chi connectivity index (χ0v) is 16.8. The molecule has 0 atom stereocenters. The predicted molar refractivity (Wildman–Crippen MR) is 108 cm³/mol. The zero-order chi connectivity index (χ0) is 20.7. The van der Waals surface area contributed by atoms with E-state index in [-0.39, 0.29) is 17.1 Å². The van der Waals surface area contributed by atoms with Crippen molar-refractivity contribution in [1.29, 1.82) is 0 Å². The molecule has 156 valence electrons. The molecule has 0 spiro atoms. The van der Waals surface area contributed by atoms with Crippen molar-refractivity contribution in [1.82, 2.24) is 5.32 Å². The molecule has 3 nitrogen and oxygen atoms in total. The SMILES string of the molecule is O=C(CCc1ccc(C(F)(F)F)cc1)NCC1(Sc2ccccc2)CCOCC1. The Hall–Kier alpha value is -1.99. The molecule has 2 aromatic carbocycles. The second-order valence-corrected chi connectivity index (χ2v) is 8.72. The molecular weight excluding hydrogens is 399 g/mol. The van der Waals surface area contributed by atoms with Crippen LogP contribution in [-0.2, 0) is 22.1 Å². The highest BCUT2D eigenvalue weighted by molar-refractivity contribution is 8.00. The number of benzene rings is 2. The molecule has 1 N–H and O–H groups in total. The lowest BCUT2D eigenvalue weighted by Crippen LogP contribution is -2.44. The highest BCUT2D eigenvalue weighted by Crippen LogP contribution is 2.40. The van der Waals surface area contributed by atoms with E-state index in [4.69, 9.17) is 4.74 Å². The molecule has 0 aromatic heterocycles. The van der Waals surface area contributed by atoms with E-state index in [0.29, 0.717) is 31.7 Å². The minimum atomic E-state index is -4.34. The fourth-order valence-corrected chi connectivity index (χ4v) is 4.57. The summed E-state index contributed by atoms with van der Waals surface area (Å²) >= 11 is 1.77. The van der Waals surface area contributed by atoms with Crippen LogP contribution in [0.4, 0.5) is 13.2 Å². The van der Waals surface area contributed by atoms with Crippen molar-refractivity contribution >= 4 is 17.7 Å². The molecule has 1 aliphatic rings. The number of carbonyl (C=O) groups excluding carboxylic acids is 1. The summed E-state index contributed by atoms with van der Waals surface area (Å²) in [5.74, 6) is -0.0931. The van der Waals surface area contributed by atoms with Crippen molar-refractivity contribution in [3.8, 4) is 0 Å². The minimum absolute atomic E-state index is 0.0931. The average molecular weight is 424 g/mol. The summed E-state index contributed by atoms with van der Waals surface area (Å²) in [4.78, 5) is 13.5. The van der Waals surface area contributed by atoms with Crippen molar-refractivity contribution in [3.63, 3.8) is 0 Å². The van der Waals surface area contributed by atoms with Crippen LogP contribution >= 0.6 is 11.8 Å². The van der Waals surface area contributed by atoms with Gasteiger partial charge in [-0.25, -0.2) is 0 Å². The van der Waals surface area contributed by atoms with Gasteiger partial charge in [0.05, 0.1) is 5.56 Å². The lowest BCUT2D eigenvalue weighted by Gasteiger charge is -2.36. The summed E-state index contributed by atoms with van der Waals surface area (Å²) in [6.07, 6.45) is -1.98. The molecule has 2 aromatic rings. The van der Waals surface area contributed by atoms with E-state index >= 15 is 0 Å². The van der Waals surface area contributed by atoms with Crippen LogP contribution in [0.15, 0.2) is 59.5 Å². The number of ether oxygens (including phenoxy) is 1. The molecule has 29 heavy (non-hydrogen) atoms. The number of hydrogen-bond acceptors (Lipinski definition) is 3. The zero-order valence-electron chi connectivity index (χ0n) is 16.0. The third kappa shape index (κ3) is 6.51. The van der Waals surface area contributed by atoms with Gasteiger partial charge in [0.1, 0.15) is 0 Å². The third-order valence-electron chi connectivity index (χ3n) is 5.01. The number of hydrogen-bond donors (Lipinski definition) is 1. The number of carbonyl (C=O) groups is 1. The summed E-state index contributed by atoms with van der Waals surface area (Å²) in [6.45, 7) is 1.88. The van der Waals surface area contributed by atoms with Gasteiger partial charge in [0, 0.05) is 35.8 Å². The second kappa shape index (κ2) is 9.67. The van der Waals surface area contributed by atoms with E-state index in [9.17, 15) is 18.0 Å². The smallest absolute Gasteiger partial charge is 0.381 e. The quantitative estimate of drug-likeness (QED) is 0.674. The maximum atomic E-state index is 12.6. The van der Waals surface area contributed by atoms with Gasteiger partial charge in [-0.3, -0.25) is 4.79 Å². The van der Waals surface area contributed by atoms with Crippen molar-refractivity contribution in [3.05, 3.63) is 65.7 Å². The topological polar surface area (TPSA) is 38.3 Å². The van der Waals surface area contributed by atoms with Gasteiger partial charge in [-0.2, -0.15) is 13.2 Å². The van der Waals surface area contributed by atoms with Crippen LogP contribution in [0.2, 0.25) is 0 Å². The Morgan fingerprint density at radius 2 is 1.69 bits per heavy atom. The van der Waals surface area contributed by atoms with E-state index in [1.165, 1.54) is 12.1 Å². The van der Waals surface area contributed by atoms with Crippen LogP contribution in [0.5, 0.6) is 0 Å². The highest BCUT2D eigenvalue weighted by Gasteiger charge is 2.34. The van der Waals surface area contributed by atoms with E-state index in [0.717, 1.165) is 29.9 Å². The first-order valence-corrected chi connectivity index (χ1v) is 10.4. The molecule has 0 aliphatic carbocycles. The van der Waals surface area contributed by atoms with Crippen LogP contribution < -0.4 is 5.32 Å². The molecule has 1 amide bonds. The lowest BCUT2D eigenvalue weighted by atomic mass is 9.99. The van der Waals surface area contributed by atoms with Crippen molar-refractivity contribution in [2.24, 2.45) is 0 Å². The van der Waals surface area contributed by atoms with Crippen LogP contribution in [0.3, 0.4) is 0 Å². The summed E-state index contributed by atoms with van der Waals surface area (Å²) in [7, 11) is 0. The maximum Gasteiger partial charge on any atom is 0.416 e. The second-order valence-electron chi connectivity index (χ2n) is 7.18. The molecule has 7 heteroatoms. The summed E-state index contributed by atoms with van der Waals surface area (Å²) < 4.78 is 43.3. The summed E-state index contributed by atoms with van der Waals surface area (Å²) in [6, 6.07) is 15.1. The third-order valence-corrected chi connectivity index (χ3v) is 6.50. The molecule has 0 bridgehead atoms. The number of rotatable bonds is 7. The first-order valence-electron chi connectivity index (χ1n) is 9.61. The summed E-state index contributed by atoms with van der Waals surface area (Å²) in [5, 5.41) is 3.02. The van der Waals surface area contributed by atoms with Crippen LogP contribution in [0, 0.1) is 0 Å². The summed E-state index contributed by atoms with van der Waals surface area (Å²) in [5.41, 5.74) is 0.0395. The van der Waals surface area contributed by atoms with Gasteiger partial charge in [-0.15, -0.1) is 11.8 Å². The van der Waals surface area contributed by atoms with Gasteiger partial charge >= 0.3 is 6.18 Å².